The van der Waals surface area contributed by atoms with Crippen molar-refractivity contribution in [2.75, 3.05) is 36.0 Å². The number of hydrogen-bond acceptors (Lipinski definition) is 6. The van der Waals surface area contributed by atoms with Gasteiger partial charge in [-0.15, -0.1) is 0 Å². The molecule has 1 saturated heterocycles. The van der Waals surface area contributed by atoms with Crippen LogP contribution < -0.4 is 20.9 Å². The SMILES string of the molecule is CC(=O)NCC1CN(c2ccc(-c3ccc(N(C=N)CCN)nc3)c(F)c2)C(=O)O1. The Morgan fingerprint density at radius 3 is 2.87 bits per heavy atom. The highest BCUT2D eigenvalue weighted by Crippen LogP contribution is 2.29. The Kier molecular flexibility index (Phi) is 6.58. The lowest BCUT2D eigenvalue weighted by atomic mass is 10.1. The molecule has 4 N–H and O–H groups in total. The van der Waals surface area contributed by atoms with Crippen LogP contribution in [0.1, 0.15) is 6.92 Å². The minimum absolute atomic E-state index is 0.201. The summed E-state index contributed by atoms with van der Waals surface area (Å²) < 4.78 is 20.0. The van der Waals surface area contributed by atoms with Crippen LogP contribution in [0.5, 0.6) is 0 Å². The van der Waals surface area contributed by atoms with Crippen molar-refractivity contribution < 1.29 is 18.7 Å². The van der Waals surface area contributed by atoms with Gasteiger partial charge in [0.25, 0.3) is 0 Å². The van der Waals surface area contributed by atoms with Gasteiger partial charge in [-0.3, -0.25) is 15.1 Å². The smallest absolute Gasteiger partial charge is 0.414 e. The van der Waals surface area contributed by atoms with E-state index < -0.39 is 18.0 Å². The summed E-state index contributed by atoms with van der Waals surface area (Å²) in [6.45, 7) is 2.63. The molecule has 0 spiro atoms. The first-order chi connectivity index (χ1) is 14.4. The number of nitrogens with one attached hydrogen (secondary N) is 2. The summed E-state index contributed by atoms with van der Waals surface area (Å²) in [7, 11) is 0. The fourth-order valence-electron chi connectivity index (χ4n) is 3.10. The summed E-state index contributed by atoms with van der Waals surface area (Å²) in [6.07, 6.45) is 1.58. The van der Waals surface area contributed by atoms with Crippen LogP contribution in [0.25, 0.3) is 11.1 Å². The predicted octanol–water partition coefficient (Wildman–Crippen LogP) is 1.72. The van der Waals surface area contributed by atoms with Gasteiger partial charge in [0.15, 0.2) is 0 Å². The molecule has 1 aromatic heterocycles. The van der Waals surface area contributed by atoms with Gasteiger partial charge in [0.1, 0.15) is 17.7 Å². The number of cyclic esters (lactones) is 1. The van der Waals surface area contributed by atoms with Crippen LogP contribution >= 0.6 is 0 Å². The molecule has 0 aliphatic carbocycles. The number of ether oxygens (including phenoxy) is 1. The van der Waals surface area contributed by atoms with E-state index in [1.807, 2.05) is 0 Å². The molecule has 1 atom stereocenters. The van der Waals surface area contributed by atoms with E-state index in [2.05, 4.69) is 10.3 Å². The zero-order valence-corrected chi connectivity index (χ0v) is 16.5. The summed E-state index contributed by atoms with van der Waals surface area (Å²) in [4.78, 5) is 30.3. The molecule has 3 rings (SSSR count). The van der Waals surface area contributed by atoms with Gasteiger partial charge in [0.05, 0.1) is 25.1 Å². The molecule has 1 aliphatic rings. The Morgan fingerprint density at radius 1 is 1.47 bits per heavy atom. The molecule has 9 nitrogen and oxygen atoms in total. The molecule has 2 heterocycles. The number of halogens is 1. The largest absolute Gasteiger partial charge is 0.442 e. The normalized spacial score (nSPS) is 15.6. The minimum Gasteiger partial charge on any atom is -0.442 e. The molecule has 2 amide bonds. The van der Waals surface area contributed by atoms with E-state index >= 15 is 0 Å². The number of aromatic nitrogens is 1. The predicted molar refractivity (Wildman–Crippen MR) is 111 cm³/mol. The van der Waals surface area contributed by atoms with E-state index in [1.54, 1.807) is 29.2 Å². The number of anilines is 2. The number of carbonyl (C=O) groups excluding carboxylic acids is 2. The van der Waals surface area contributed by atoms with Crippen LogP contribution in [0.3, 0.4) is 0 Å². The number of carbonyl (C=O) groups is 2. The van der Waals surface area contributed by atoms with E-state index in [1.165, 1.54) is 24.1 Å². The number of nitrogens with zero attached hydrogens (tertiary/aromatic N) is 3. The summed E-state index contributed by atoms with van der Waals surface area (Å²) in [5, 5.41) is 10.0. The van der Waals surface area contributed by atoms with Gasteiger partial charge in [-0.05, 0) is 30.3 Å². The van der Waals surface area contributed by atoms with Gasteiger partial charge in [-0.2, -0.15) is 0 Å². The Hall–Kier alpha value is -3.53. The lowest BCUT2D eigenvalue weighted by Gasteiger charge is -2.17. The van der Waals surface area contributed by atoms with E-state index in [-0.39, 0.29) is 19.0 Å². The second-order valence-corrected chi connectivity index (χ2v) is 6.73. The maximum atomic E-state index is 14.8. The summed E-state index contributed by atoms with van der Waals surface area (Å²) in [5.41, 5.74) is 6.79. The van der Waals surface area contributed by atoms with Gasteiger partial charge >= 0.3 is 6.09 Å². The highest BCUT2D eigenvalue weighted by atomic mass is 19.1. The van der Waals surface area contributed by atoms with Crippen LogP contribution in [0, 0.1) is 11.2 Å². The van der Waals surface area contributed by atoms with E-state index in [0.717, 1.165) is 6.34 Å². The van der Waals surface area contributed by atoms with Crippen LogP contribution in [0.4, 0.5) is 20.7 Å². The topological polar surface area (TPSA) is 125 Å². The quantitative estimate of drug-likeness (QED) is 0.446. The molecule has 10 heteroatoms. The van der Waals surface area contributed by atoms with Crippen molar-refractivity contribution in [3.63, 3.8) is 0 Å². The third kappa shape index (κ3) is 4.71. The fourth-order valence-corrected chi connectivity index (χ4v) is 3.10. The third-order valence-corrected chi connectivity index (χ3v) is 4.60. The maximum absolute atomic E-state index is 14.8. The number of hydrogen-bond donors (Lipinski definition) is 3. The third-order valence-electron chi connectivity index (χ3n) is 4.60. The minimum atomic E-state index is -0.588. The molecule has 0 bridgehead atoms. The highest BCUT2D eigenvalue weighted by Gasteiger charge is 2.32. The van der Waals surface area contributed by atoms with Crippen molar-refractivity contribution in [1.82, 2.24) is 10.3 Å². The van der Waals surface area contributed by atoms with E-state index in [4.69, 9.17) is 15.9 Å². The first kappa shape index (κ1) is 21.2. The van der Waals surface area contributed by atoms with E-state index in [0.29, 0.717) is 35.7 Å². The van der Waals surface area contributed by atoms with Gasteiger partial charge < -0.3 is 20.7 Å². The van der Waals surface area contributed by atoms with Crippen LogP contribution in [0.15, 0.2) is 36.5 Å². The summed E-state index contributed by atoms with van der Waals surface area (Å²) in [6, 6.07) is 7.87. The Labute approximate surface area is 173 Å². The number of pyridine rings is 1. The number of amides is 2. The average molecular weight is 414 g/mol. The molecule has 1 aliphatic heterocycles. The van der Waals surface area contributed by atoms with Crippen molar-refractivity contribution in [3.8, 4) is 11.1 Å². The molecule has 158 valence electrons. The lowest BCUT2D eigenvalue weighted by Crippen LogP contribution is -2.33. The lowest BCUT2D eigenvalue weighted by molar-refractivity contribution is -0.119. The Balaban J connectivity index is 1.75. The van der Waals surface area contributed by atoms with Crippen LogP contribution in [-0.2, 0) is 9.53 Å². The molecule has 1 unspecified atom stereocenters. The van der Waals surface area contributed by atoms with Crippen molar-refractivity contribution in [2.24, 2.45) is 5.73 Å². The van der Waals surface area contributed by atoms with Crippen molar-refractivity contribution >= 4 is 29.8 Å². The Bertz CT molecular complexity index is 937. The molecule has 0 radical (unpaired) electrons. The monoisotopic (exact) mass is 414 g/mol. The van der Waals surface area contributed by atoms with E-state index in [9.17, 15) is 14.0 Å². The van der Waals surface area contributed by atoms with Gasteiger partial charge in [0, 0.05) is 37.3 Å². The second kappa shape index (κ2) is 9.31. The molecule has 30 heavy (non-hydrogen) atoms. The zero-order valence-electron chi connectivity index (χ0n) is 16.5. The second-order valence-electron chi connectivity index (χ2n) is 6.73. The molecule has 0 saturated carbocycles. The zero-order chi connectivity index (χ0) is 21.7. The van der Waals surface area contributed by atoms with Gasteiger partial charge in [0.2, 0.25) is 5.91 Å². The van der Waals surface area contributed by atoms with Crippen molar-refractivity contribution in [1.29, 1.82) is 5.41 Å². The van der Waals surface area contributed by atoms with Crippen molar-refractivity contribution in [3.05, 3.63) is 42.3 Å². The first-order valence-electron chi connectivity index (χ1n) is 9.38. The summed E-state index contributed by atoms with van der Waals surface area (Å²) in [5.74, 6) is -0.182. The average Bonchev–Trinajstić information content (AvgIpc) is 3.11. The number of nitrogens with two attached hydrogens (primary N) is 1. The first-order valence-corrected chi connectivity index (χ1v) is 9.38. The molecule has 2 aromatic rings. The Morgan fingerprint density at radius 2 is 2.27 bits per heavy atom. The number of rotatable bonds is 8. The van der Waals surface area contributed by atoms with Gasteiger partial charge in [-0.1, -0.05) is 0 Å². The highest BCUT2D eigenvalue weighted by molar-refractivity contribution is 5.90. The summed E-state index contributed by atoms with van der Waals surface area (Å²) >= 11 is 0. The van der Waals surface area contributed by atoms with Gasteiger partial charge in [-0.25, -0.2) is 14.2 Å². The maximum Gasteiger partial charge on any atom is 0.414 e. The standard InChI is InChI=1S/C20H23FN6O3/c1-13(28)24-10-16-11-27(20(29)30-16)15-3-4-17(18(21)8-15)14-2-5-19(25-9-14)26(12-23)7-6-22/h2-5,8-9,12,16,23H,6-7,10-11,22H2,1H3,(H,24,28). The molecular weight excluding hydrogens is 391 g/mol. The molecule has 1 aromatic carbocycles. The van der Waals surface area contributed by atoms with Crippen LogP contribution in [-0.4, -0.2) is 55.6 Å². The fraction of sp³-hybridized carbons (Fsp3) is 0.300. The molecular formula is C20H23FN6O3. The number of benzene rings is 1. The van der Waals surface area contributed by atoms with Crippen molar-refractivity contribution in [2.45, 2.75) is 13.0 Å². The van der Waals surface area contributed by atoms with Crippen LogP contribution in [0.2, 0.25) is 0 Å². The molecule has 1 fully saturated rings.